The minimum absolute atomic E-state index is 0.225. The molecule has 2 aromatic rings. The smallest absolute Gasteiger partial charge is 0.136 e. The first-order chi connectivity index (χ1) is 8.76. The second-order valence-electron chi connectivity index (χ2n) is 3.84. The molecule has 0 spiro atoms. The van der Waals surface area contributed by atoms with Crippen molar-refractivity contribution in [3.63, 3.8) is 0 Å². The maximum Gasteiger partial charge on any atom is 0.136 e. The van der Waals surface area contributed by atoms with Crippen LogP contribution in [0.25, 0.3) is 0 Å². The maximum atomic E-state index is 13.0. The lowest BCUT2D eigenvalue weighted by molar-refractivity contribution is 0.628. The van der Waals surface area contributed by atoms with Crippen LogP contribution in [-0.2, 0) is 5.33 Å². The van der Waals surface area contributed by atoms with Crippen LogP contribution < -0.4 is 4.90 Å². The third-order valence-electron chi connectivity index (χ3n) is 2.72. The van der Waals surface area contributed by atoms with Crippen molar-refractivity contribution in [3.05, 3.63) is 54.0 Å². The van der Waals surface area contributed by atoms with E-state index in [9.17, 15) is 4.39 Å². The van der Waals surface area contributed by atoms with Gasteiger partial charge in [0.25, 0.3) is 0 Å². The van der Waals surface area contributed by atoms with Crippen LogP contribution in [0.1, 0.15) is 12.5 Å². The molecule has 0 amide bonds. The van der Waals surface area contributed by atoms with E-state index in [1.165, 1.54) is 12.1 Å². The molecule has 4 heteroatoms. The number of aromatic nitrogens is 1. The van der Waals surface area contributed by atoms with Crippen LogP contribution in [0, 0.1) is 5.82 Å². The standard InChI is InChI=1S/C14H14BrFN2/c1-2-18(13-7-5-12(16)6-8-13)14-11(10-15)4-3-9-17-14/h3-9H,2,10H2,1H3. The van der Waals surface area contributed by atoms with E-state index < -0.39 is 0 Å². The first-order valence-corrected chi connectivity index (χ1v) is 6.91. The minimum atomic E-state index is -0.225. The number of rotatable bonds is 4. The zero-order valence-corrected chi connectivity index (χ0v) is 11.7. The first kappa shape index (κ1) is 13.0. The van der Waals surface area contributed by atoms with Crippen molar-refractivity contribution in [2.75, 3.05) is 11.4 Å². The third kappa shape index (κ3) is 2.70. The van der Waals surface area contributed by atoms with Gasteiger partial charge in [0.2, 0.25) is 0 Å². The number of hydrogen-bond donors (Lipinski definition) is 0. The summed E-state index contributed by atoms with van der Waals surface area (Å²) in [5.41, 5.74) is 2.06. The van der Waals surface area contributed by atoms with Gasteiger partial charge in [-0.3, -0.25) is 0 Å². The van der Waals surface area contributed by atoms with Gasteiger partial charge in [-0.25, -0.2) is 9.37 Å². The van der Waals surface area contributed by atoms with Crippen molar-refractivity contribution in [1.82, 2.24) is 4.98 Å². The Morgan fingerprint density at radius 1 is 1.22 bits per heavy atom. The lowest BCUT2D eigenvalue weighted by Crippen LogP contribution is -2.18. The molecule has 0 saturated heterocycles. The molecule has 0 aliphatic carbocycles. The van der Waals surface area contributed by atoms with Gasteiger partial charge in [0.05, 0.1) is 0 Å². The highest BCUT2D eigenvalue weighted by Gasteiger charge is 2.12. The average molecular weight is 309 g/mol. The van der Waals surface area contributed by atoms with E-state index in [2.05, 4.69) is 32.7 Å². The molecule has 94 valence electrons. The molecule has 0 fully saturated rings. The van der Waals surface area contributed by atoms with E-state index in [0.29, 0.717) is 0 Å². The fraction of sp³-hybridized carbons (Fsp3) is 0.214. The van der Waals surface area contributed by atoms with Gasteiger partial charge >= 0.3 is 0 Å². The highest BCUT2D eigenvalue weighted by molar-refractivity contribution is 9.08. The molecule has 0 N–H and O–H groups in total. The van der Waals surface area contributed by atoms with Crippen LogP contribution in [0.5, 0.6) is 0 Å². The van der Waals surface area contributed by atoms with Crippen LogP contribution >= 0.6 is 15.9 Å². The lowest BCUT2D eigenvalue weighted by Gasteiger charge is -2.24. The first-order valence-electron chi connectivity index (χ1n) is 5.79. The zero-order chi connectivity index (χ0) is 13.0. The van der Waals surface area contributed by atoms with Crippen molar-refractivity contribution < 1.29 is 4.39 Å². The quantitative estimate of drug-likeness (QED) is 0.784. The lowest BCUT2D eigenvalue weighted by atomic mass is 10.2. The molecular formula is C14H14BrFN2. The van der Waals surface area contributed by atoms with Crippen molar-refractivity contribution in [2.45, 2.75) is 12.3 Å². The van der Waals surface area contributed by atoms with Crippen molar-refractivity contribution in [2.24, 2.45) is 0 Å². The van der Waals surface area contributed by atoms with Crippen LogP contribution in [-0.4, -0.2) is 11.5 Å². The molecule has 0 bridgehead atoms. The summed E-state index contributed by atoms with van der Waals surface area (Å²) in [5.74, 6) is 0.681. The fourth-order valence-electron chi connectivity index (χ4n) is 1.85. The predicted molar refractivity (Wildman–Crippen MR) is 75.9 cm³/mol. The Labute approximate surface area is 115 Å². The highest BCUT2D eigenvalue weighted by atomic mass is 79.9. The molecule has 1 aromatic carbocycles. The third-order valence-corrected chi connectivity index (χ3v) is 3.33. The molecule has 18 heavy (non-hydrogen) atoms. The summed E-state index contributed by atoms with van der Waals surface area (Å²) < 4.78 is 13.0. The SMILES string of the molecule is CCN(c1ccc(F)cc1)c1ncccc1CBr. The Kier molecular flexibility index (Phi) is 4.31. The van der Waals surface area contributed by atoms with E-state index in [4.69, 9.17) is 0 Å². The van der Waals surface area contributed by atoms with Gasteiger partial charge in [-0.2, -0.15) is 0 Å². The summed E-state index contributed by atoms with van der Waals surface area (Å²) in [5, 5.41) is 0.744. The van der Waals surface area contributed by atoms with Gasteiger partial charge in [0.1, 0.15) is 11.6 Å². The van der Waals surface area contributed by atoms with Gasteiger partial charge in [-0.15, -0.1) is 0 Å². The number of nitrogens with zero attached hydrogens (tertiary/aromatic N) is 2. The van der Waals surface area contributed by atoms with E-state index in [1.807, 2.05) is 12.1 Å². The van der Waals surface area contributed by atoms with Gasteiger partial charge < -0.3 is 4.90 Å². The summed E-state index contributed by atoms with van der Waals surface area (Å²) in [7, 11) is 0. The van der Waals surface area contributed by atoms with Gasteiger partial charge in [0, 0.05) is 29.3 Å². The minimum Gasteiger partial charge on any atom is -0.326 e. The Morgan fingerprint density at radius 3 is 2.56 bits per heavy atom. The number of pyridine rings is 1. The fourth-order valence-corrected chi connectivity index (χ4v) is 2.29. The van der Waals surface area contributed by atoms with Crippen molar-refractivity contribution >= 4 is 27.4 Å². The molecule has 2 nitrogen and oxygen atoms in total. The Hall–Kier alpha value is -1.42. The number of benzene rings is 1. The topological polar surface area (TPSA) is 16.1 Å². The summed E-state index contributed by atoms with van der Waals surface area (Å²) in [6.07, 6.45) is 1.77. The number of alkyl halides is 1. The summed E-state index contributed by atoms with van der Waals surface area (Å²) in [6.45, 7) is 2.83. The van der Waals surface area contributed by atoms with E-state index in [-0.39, 0.29) is 5.82 Å². The number of hydrogen-bond acceptors (Lipinski definition) is 2. The van der Waals surface area contributed by atoms with Gasteiger partial charge in [0.15, 0.2) is 0 Å². The maximum absolute atomic E-state index is 13.0. The number of anilines is 2. The number of halogens is 2. The largest absolute Gasteiger partial charge is 0.326 e. The van der Waals surface area contributed by atoms with Crippen LogP contribution in [0.15, 0.2) is 42.6 Å². The second kappa shape index (κ2) is 5.96. The van der Waals surface area contributed by atoms with E-state index >= 15 is 0 Å². The Balaban J connectivity index is 2.41. The van der Waals surface area contributed by atoms with Crippen LogP contribution in [0.3, 0.4) is 0 Å². The Bertz CT molecular complexity index is 513. The molecular weight excluding hydrogens is 295 g/mol. The van der Waals surface area contributed by atoms with Crippen molar-refractivity contribution in [3.8, 4) is 0 Å². The molecule has 1 aromatic heterocycles. The molecule has 0 radical (unpaired) electrons. The van der Waals surface area contributed by atoms with Crippen LogP contribution in [0.4, 0.5) is 15.9 Å². The van der Waals surface area contributed by atoms with Gasteiger partial charge in [-0.1, -0.05) is 22.0 Å². The zero-order valence-electron chi connectivity index (χ0n) is 10.1. The normalized spacial score (nSPS) is 10.4. The predicted octanol–water partition coefficient (Wildman–Crippen LogP) is 4.27. The molecule has 0 unspecified atom stereocenters. The molecule has 0 aliphatic rings. The van der Waals surface area contributed by atoms with Crippen LogP contribution in [0.2, 0.25) is 0 Å². The molecule has 0 atom stereocenters. The average Bonchev–Trinajstić information content (AvgIpc) is 2.42. The summed E-state index contributed by atoms with van der Waals surface area (Å²) >= 11 is 3.46. The van der Waals surface area contributed by atoms with Gasteiger partial charge in [-0.05, 0) is 37.3 Å². The Morgan fingerprint density at radius 2 is 1.94 bits per heavy atom. The molecule has 1 heterocycles. The second-order valence-corrected chi connectivity index (χ2v) is 4.40. The molecule has 0 saturated carbocycles. The van der Waals surface area contributed by atoms with E-state index in [0.717, 1.165) is 28.9 Å². The molecule has 2 rings (SSSR count). The summed E-state index contributed by atoms with van der Waals surface area (Å²) in [6, 6.07) is 10.4. The highest BCUT2D eigenvalue weighted by Crippen LogP contribution is 2.27. The monoisotopic (exact) mass is 308 g/mol. The van der Waals surface area contributed by atoms with E-state index in [1.54, 1.807) is 18.3 Å². The van der Waals surface area contributed by atoms with Crippen molar-refractivity contribution in [1.29, 1.82) is 0 Å². The molecule has 0 aliphatic heterocycles. The summed E-state index contributed by atoms with van der Waals surface area (Å²) in [4.78, 5) is 6.49.